The van der Waals surface area contributed by atoms with Crippen LogP contribution in [0.5, 0.6) is 0 Å². The minimum absolute atomic E-state index is 0.102. The van der Waals surface area contributed by atoms with Crippen LogP contribution in [-0.4, -0.2) is 5.38 Å². The van der Waals surface area contributed by atoms with Gasteiger partial charge in [-0.1, -0.05) is 26.3 Å². The first kappa shape index (κ1) is 13.4. The van der Waals surface area contributed by atoms with E-state index in [0.29, 0.717) is 0 Å². The van der Waals surface area contributed by atoms with Gasteiger partial charge in [-0.25, -0.2) is 8.78 Å². The Hall–Kier alpha value is -0.630. The van der Waals surface area contributed by atoms with Crippen LogP contribution in [0.1, 0.15) is 32.3 Å². The van der Waals surface area contributed by atoms with Crippen molar-refractivity contribution < 1.29 is 8.78 Å². The van der Waals surface area contributed by atoms with Crippen molar-refractivity contribution in [1.82, 2.24) is 0 Å². The molecular weight excluding hydrogens is 230 g/mol. The highest BCUT2D eigenvalue weighted by molar-refractivity contribution is 6.20. The van der Waals surface area contributed by atoms with Crippen molar-refractivity contribution in [3.8, 4) is 0 Å². The van der Waals surface area contributed by atoms with Crippen LogP contribution in [0, 0.1) is 17.6 Å². The second-order valence-corrected chi connectivity index (χ2v) is 4.75. The summed E-state index contributed by atoms with van der Waals surface area (Å²) < 4.78 is 26.7. The number of rotatable bonds is 5. The highest BCUT2D eigenvalue weighted by Crippen LogP contribution is 2.23. The van der Waals surface area contributed by atoms with Crippen molar-refractivity contribution in [3.63, 3.8) is 0 Å². The molecule has 0 aliphatic rings. The summed E-state index contributed by atoms with van der Waals surface area (Å²) in [5, 5.41) is -0.216. The molecule has 2 unspecified atom stereocenters. The van der Waals surface area contributed by atoms with Crippen molar-refractivity contribution in [2.75, 3.05) is 0 Å². The summed E-state index contributed by atoms with van der Waals surface area (Å²) in [6, 6.07) is 3.91. The van der Waals surface area contributed by atoms with E-state index in [1.165, 1.54) is 18.2 Å². The minimum Gasteiger partial charge on any atom is -0.207 e. The number of alkyl halides is 1. The summed E-state index contributed by atoms with van der Waals surface area (Å²) in [6.45, 7) is 4.09. The molecule has 2 atom stereocenters. The van der Waals surface area contributed by atoms with Gasteiger partial charge < -0.3 is 0 Å². The van der Waals surface area contributed by atoms with Gasteiger partial charge in [0.25, 0.3) is 0 Å². The van der Waals surface area contributed by atoms with Gasteiger partial charge in [-0.05, 0) is 30.9 Å². The molecule has 0 saturated heterocycles. The number of halogens is 3. The lowest BCUT2D eigenvalue weighted by molar-refractivity contribution is 0.475. The van der Waals surface area contributed by atoms with E-state index in [2.05, 4.69) is 6.92 Å². The lowest BCUT2D eigenvalue weighted by Crippen LogP contribution is -2.16. The van der Waals surface area contributed by atoms with Crippen LogP contribution in [-0.2, 0) is 6.42 Å². The van der Waals surface area contributed by atoms with Crippen molar-refractivity contribution in [3.05, 3.63) is 35.4 Å². The molecule has 0 aromatic heterocycles. The Labute approximate surface area is 101 Å². The Morgan fingerprint density at radius 2 is 1.81 bits per heavy atom. The molecular formula is C13H17ClF2. The third-order valence-electron chi connectivity index (χ3n) is 2.82. The minimum atomic E-state index is -0.505. The Morgan fingerprint density at radius 1 is 1.25 bits per heavy atom. The van der Waals surface area contributed by atoms with Crippen LogP contribution >= 0.6 is 11.6 Å². The maximum atomic E-state index is 13.4. The number of hydrogen-bond acceptors (Lipinski definition) is 0. The third kappa shape index (κ3) is 3.44. The molecule has 16 heavy (non-hydrogen) atoms. The van der Waals surface area contributed by atoms with Gasteiger partial charge in [-0.2, -0.15) is 0 Å². The van der Waals surface area contributed by atoms with Gasteiger partial charge in [0.1, 0.15) is 11.6 Å². The highest BCUT2D eigenvalue weighted by Gasteiger charge is 2.18. The van der Waals surface area contributed by atoms with Crippen LogP contribution in [0.2, 0.25) is 0 Å². The number of hydrogen-bond donors (Lipinski definition) is 0. The van der Waals surface area contributed by atoms with E-state index in [4.69, 9.17) is 11.6 Å². The largest absolute Gasteiger partial charge is 0.207 e. The Balaban J connectivity index is 2.72. The molecule has 0 nitrogen and oxygen atoms in total. The molecule has 1 rings (SSSR count). The van der Waals surface area contributed by atoms with E-state index >= 15 is 0 Å². The van der Waals surface area contributed by atoms with Gasteiger partial charge >= 0.3 is 0 Å². The zero-order valence-electron chi connectivity index (χ0n) is 9.64. The average molecular weight is 247 g/mol. The molecule has 0 heterocycles. The fraction of sp³-hybridized carbons (Fsp3) is 0.538. The second kappa shape index (κ2) is 6.19. The molecule has 0 aliphatic heterocycles. The van der Waals surface area contributed by atoms with Gasteiger partial charge in [0.05, 0.1) is 0 Å². The summed E-state index contributed by atoms with van der Waals surface area (Å²) in [5.74, 6) is -0.741. The zero-order valence-corrected chi connectivity index (χ0v) is 10.4. The quantitative estimate of drug-likeness (QED) is 0.669. The molecule has 0 bridgehead atoms. The van der Waals surface area contributed by atoms with Gasteiger partial charge in [-0.15, -0.1) is 11.6 Å². The lowest BCUT2D eigenvalue weighted by atomic mass is 9.96. The maximum Gasteiger partial charge on any atom is 0.129 e. The molecule has 0 fully saturated rings. The van der Waals surface area contributed by atoms with Gasteiger partial charge in [0, 0.05) is 10.9 Å². The molecule has 3 heteroatoms. The predicted molar refractivity (Wildman–Crippen MR) is 63.8 cm³/mol. The topological polar surface area (TPSA) is 0 Å². The van der Waals surface area contributed by atoms with Crippen molar-refractivity contribution in [1.29, 1.82) is 0 Å². The predicted octanol–water partition coefficient (Wildman–Crippen LogP) is 4.55. The van der Waals surface area contributed by atoms with E-state index in [9.17, 15) is 8.78 Å². The molecule has 1 aromatic carbocycles. The third-order valence-corrected chi connectivity index (χ3v) is 3.41. The van der Waals surface area contributed by atoms with Crippen molar-refractivity contribution in [2.24, 2.45) is 5.92 Å². The van der Waals surface area contributed by atoms with Gasteiger partial charge in [0.15, 0.2) is 0 Å². The van der Waals surface area contributed by atoms with E-state index in [-0.39, 0.29) is 23.3 Å². The summed E-state index contributed by atoms with van der Waals surface area (Å²) >= 11 is 6.16. The first-order valence-corrected chi connectivity index (χ1v) is 6.06. The first-order chi connectivity index (χ1) is 7.56. The van der Waals surface area contributed by atoms with Crippen LogP contribution in [0.25, 0.3) is 0 Å². The molecule has 0 aliphatic carbocycles. The number of benzene rings is 1. The Bertz CT molecular complexity index is 318. The van der Waals surface area contributed by atoms with Gasteiger partial charge in [-0.3, -0.25) is 0 Å². The SMILES string of the molecule is CCCC(C)C(Cl)Cc1c(F)cccc1F. The van der Waals surface area contributed by atoms with Crippen LogP contribution in [0.15, 0.2) is 18.2 Å². The molecule has 0 N–H and O–H groups in total. The summed E-state index contributed by atoms with van der Waals surface area (Å²) in [7, 11) is 0. The Morgan fingerprint density at radius 3 is 2.31 bits per heavy atom. The molecule has 0 saturated carbocycles. The second-order valence-electron chi connectivity index (χ2n) is 4.19. The zero-order chi connectivity index (χ0) is 12.1. The summed E-state index contributed by atoms with van der Waals surface area (Å²) in [4.78, 5) is 0. The lowest BCUT2D eigenvalue weighted by Gasteiger charge is -2.17. The molecule has 1 aromatic rings. The van der Waals surface area contributed by atoms with Gasteiger partial charge in [0.2, 0.25) is 0 Å². The summed E-state index contributed by atoms with van der Waals surface area (Å²) in [6.07, 6.45) is 2.26. The monoisotopic (exact) mass is 246 g/mol. The van der Waals surface area contributed by atoms with Crippen LogP contribution in [0.4, 0.5) is 8.78 Å². The fourth-order valence-electron chi connectivity index (χ4n) is 1.76. The maximum absolute atomic E-state index is 13.4. The van der Waals surface area contributed by atoms with E-state index in [0.717, 1.165) is 12.8 Å². The molecule has 90 valence electrons. The summed E-state index contributed by atoms with van der Waals surface area (Å²) in [5.41, 5.74) is 0.102. The van der Waals surface area contributed by atoms with Crippen molar-refractivity contribution >= 4 is 11.6 Å². The normalized spacial score (nSPS) is 14.8. The van der Waals surface area contributed by atoms with Crippen LogP contribution < -0.4 is 0 Å². The van der Waals surface area contributed by atoms with E-state index in [1.807, 2.05) is 6.92 Å². The standard InChI is InChI=1S/C13H17ClF2/c1-3-5-9(2)11(14)8-10-12(15)6-4-7-13(10)16/h4,6-7,9,11H,3,5,8H2,1-2H3. The Kier molecular flexibility index (Phi) is 5.20. The smallest absolute Gasteiger partial charge is 0.129 e. The molecule has 0 amide bonds. The fourth-order valence-corrected chi connectivity index (χ4v) is 2.04. The first-order valence-electron chi connectivity index (χ1n) is 5.63. The highest BCUT2D eigenvalue weighted by atomic mass is 35.5. The average Bonchev–Trinajstić information content (AvgIpc) is 2.23. The molecule has 0 radical (unpaired) electrons. The van der Waals surface area contributed by atoms with Crippen LogP contribution in [0.3, 0.4) is 0 Å². The van der Waals surface area contributed by atoms with Crippen molar-refractivity contribution in [2.45, 2.75) is 38.5 Å². The molecule has 0 spiro atoms. The van der Waals surface area contributed by atoms with E-state index in [1.54, 1.807) is 0 Å². The van der Waals surface area contributed by atoms with E-state index < -0.39 is 11.6 Å².